The summed E-state index contributed by atoms with van der Waals surface area (Å²) in [7, 11) is 0. The molecule has 0 aromatic carbocycles. The normalized spacial score (nSPS) is 29.6. The van der Waals surface area contributed by atoms with Crippen molar-refractivity contribution in [1.29, 1.82) is 5.26 Å². The molecule has 0 saturated heterocycles. The number of nitrogens with zero attached hydrogens (tertiary/aromatic N) is 3. The zero-order valence-electron chi connectivity index (χ0n) is 10.9. The summed E-state index contributed by atoms with van der Waals surface area (Å²) in [5.74, 6) is 1.27. The highest BCUT2D eigenvalue weighted by atomic mass is 16.3. The first-order chi connectivity index (χ1) is 8.57. The van der Waals surface area contributed by atoms with Crippen LogP contribution in [0.2, 0.25) is 0 Å². The molecule has 1 atom stereocenters. The summed E-state index contributed by atoms with van der Waals surface area (Å²) >= 11 is 0. The van der Waals surface area contributed by atoms with Gasteiger partial charge in [0.2, 0.25) is 0 Å². The fraction of sp³-hybridized carbons (Fsp3) is 0.643. The lowest BCUT2D eigenvalue weighted by Gasteiger charge is -2.37. The van der Waals surface area contributed by atoms with Crippen LogP contribution in [0.3, 0.4) is 0 Å². The van der Waals surface area contributed by atoms with Gasteiger partial charge in [0, 0.05) is 6.20 Å². The van der Waals surface area contributed by atoms with Crippen molar-refractivity contribution in [2.24, 2.45) is 11.3 Å². The maximum Gasteiger partial charge on any atom is 0.125 e. The molecule has 1 unspecified atom stereocenters. The van der Waals surface area contributed by atoms with E-state index in [9.17, 15) is 10.4 Å². The van der Waals surface area contributed by atoms with E-state index >= 15 is 0 Å². The van der Waals surface area contributed by atoms with Crippen molar-refractivity contribution in [2.75, 3.05) is 0 Å². The summed E-state index contributed by atoms with van der Waals surface area (Å²) in [6.07, 6.45) is 4.31. The molecule has 4 nitrogen and oxygen atoms in total. The van der Waals surface area contributed by atoms with Gasteiger partial charge in [-0.1, -0.05) is 6.92 Å². The summed E-state index contributed by atoms with van der Waals surface area (Å²) in [5.41, 5.74) is -0.105. The minimum absolute atomic E-state index is 0.568. The minimum atomic E-state index is -0.809. The standard InChI is InChI=1S/C14H19N3O/c1-10-3-6-14(9-15,7-4-10)13(18)12-5-8-16-11(2)17-12/h5,8,10,13,18H,3-4,6-7H2,1-2H3. The summed E-state index contributed by atoms with van der Waals surface area (Å²) < 4.78 is 0. The van der Waals surface area contributed by atoms with Crippen LogP contribution in [0.5, 0.6) is 0 Å². The number of nitriles is 1. The number of aromatic nitrogens is 2. The molecule has 4 heteroatoms. The summed E-state index contributed by atoms with van der Waals surface area (Å²) in [5, 5.41) is 20.0. The first-order valence-corrected chi connectivity index (χ1v) is 6.46. The lowest BCUT2D eigenvalue weighted by Crippen LogP contribution is -2.32. The van der Waals surface area contributed by atoms with Crippen molar-refractivity contribution >= 4 is 0 Å². The topological polar surface area (TPSA) is 69.8 Å². The van der Waals surface area contributed by atoms with Crippen molar-refractivity contribution in [3.05, 3.63) is 23.8 Å². The average Bonchev–Trinajstić information content (AvgIpc) is 2.39. The molecular formula is C14H19N3O. The molecule has 1 aliphatic carbocycles. The Hall–Kier alpha value is -1.47. The molecule has 96 valence electrons. The second-order valence-electron chi connectivity index (χ2n) is 5.38. The van der Waals surface area contributed by atoms with Gasteiger partial charge in [-0.2, -0.15) is 5.26 Å². The highest BCUT2D eigenvalue weighted by molar-refractivity contribution is 5.16. The Labute approximate surface area is 108 Å². The van der Waals surface area contributed by atoms with Gasteiger partial charge in [0.15, 0.2) is 0 Å². The van der Waals surface area contributed by atoms with E-state index in [4.69, 9.17) is 0 Å². The lowest BCUT2D eigenvalue weighted by atomic mass is 9.68. The van der Waals surface area contributed by atoms with Gasteiger partial charge < -0.3 is 5.11 Å². The van der Waals surface area contributed by atoms with E-state index in [1.54, 1.807) is 19.2 Å². The summed E-state index contributed by atoms with van der Waals surface area (Å²) in [4.78, 5) is 8.27. The predicted molar refractivity (Wildman–Crippen MR) is 67.4 cm³/mol. The van der Waals surface area contributed by atoms with E-state index in [1.165, 1.54) is 0 Å². The number of aliphatic hydroxyl groups is 1. The number of hydrogen-bond donors (Lipinski definition) is 1. The lowest BCUT2D eigenvalue weighted by molar-refractivity contribution is 0.0234. The van der Waals surface area contributed by atoms with Crippen molar-refractivity contribution < 1.29 is 5.11 Å². The fourth-order valence-corrected chi connectivity index (χ4v) is 2.63. The van der Waals surface area contributed by atoms with Gasteiger partial charge in [-0.15, -0.1) is 0 Å². The van der Waals surface area contributed by atoms with E-state index in [1.807, 2.05) is 0 Å². The van der Waals surface area contributed by atoms with Gasteiger partial charge in [-0.3, -0.25) is 0 Å². The highest BCUT2D eigenvalue weighted by Gasteiger charge is 2.42. The third-order valence-corrected chi connectivity index (χ3v) is 3.99. The Balaban J connectivity index is 2.26. The van der Waals surface area contributed by atoms with Crippen molar-refractivity contribution in [1.82, 2.24) is 9.97 Å². The maximum atomic E-state index is 10.5. The Morgan fingerprint density at radius 2 is 2.17 bits per heavy atom. The second kappa shape index (κ2) is 5.03. The number of aryl methyl sites for hydroxylation is 1. The molecule has 1 aromatic rings. The third-order valence-electron chi connectivity index (χ3n) is 3.99. The monoisotopic (exact) mass is 245 g/mol. The maximum absolute atomic E-state index is 10.5. The number of rotatable bonds is 2. The van der Waals surface area contributed by atoms with Gasteiger partial charge in [-0.05, 0) is 44.6 Å². The second-order valence-corrected chi connectivity index (χ2v) is 5.38. The van der Waals surface area contributed by atoms with E-state index < -0.39 is 11.5 Å². The van der Waals surface area contributed by atoms with Crippen molar-refractivity contribution in [2.45, 2.75) is 45.6 Å². The van der Waals surface area contributed by atoms with Crippen LogP contribution in [-0.4, -0.2) is 15.1 Å². The average molecular weight is 245 g/mol. The van der Waals surface area contributed by atoms with Gasteiger partial charge in [0.05, 0.1) is 17.2 Å². The van der Waals surface area contributed by atoms with Crippen LogP contribution < -0.4 is 0 Å². The molecule has 0 spiro atoms. The SMILES string of the molecule is Cc1nccc(C(O)C2(C#N)CCC(C)CC2)n1. The fourth-order valence-electron chi connectivity index (χ4n) is 2.63. The molecule has 1 aliphatic rings. The minimum Gasteiger partial charge on any atom is -0.385 e. The van der Waals surface area contributed by atoms with Crippen LogP contribution in [0.4, 0.5) is 0 Å². The molecule has 0 aliphatic heterocycles. The predicted octanol–water partition coefficient (Wildman–Crippen LogP) is 2.54. The molecule has 1 aromatic heterocycles. The summed E-state index contributed by atoms with van der Waals surface area (Å²) in [6.45, 7) is 3.99. The van der Waals surface area contributed by atoms with Gasteiger partial charge in [0.1, 0.15) is 11.9 Å². The quantitative estimate of drug-likeness (QED) is 0.869. The molecule has 1 N–H and O–H groups in total. The molecule has 0 radical (unpaired) electrons. The first-order valence-electron chi connectivity index (χ1n) is 6.46. The zero-order valence-corrected chi connectivity index (χ0v) is 10.9. The highest BCUT2D eigenvalue weighted by Crippen LogP contribution is 2.46. The third kappa shape index (κ3) is 2.37. The Morgan fingerprint density at radius 1 is 1.50 bits per heavy atom. The van der Waals surface area contributed by atoms with Crippen LogP contribution in [0.25, 0.3) is 0 Å². The Bertz CT molecular complexity index is 458. The van der Waals surface area contributed by atoms with E-state index in [2.05, 4.69) is 23.0 Å². The number of hydrogen-bond acceptors (Lipinski definition) is 4. The van der Waals surface area contributed by atoms with Crippen LogP contribution in [0, 0.1) is 29.6 Å². The van der Waals surface area contributed by atoms with E-state index in [0.717, 1.165) is 25.7 Å². The van der Waals surface area contributed by atoms with Gasteiger partial charge in [0.25, 0.3) is 0 Å². The molecular weight excluding hydrogens is 226 g/mol. The molecule has 18 heavy (non-hydrogen) atoms. The largest absolute Gasteiger partial charge is 0.385 e. The Morgan fingerprint density at radius 3 is 2.72 bits per heavy atom. The van der Waals surface area contributed by atoms with Crippen LogP contribution in [0.15, 0.2) is 12.3 Å². The van der Waals surface area contributed by atoms with E-state index in [0.29, 0.717) is 17.4 Å². The van der Waals surface area contributed by atoms with Gasteiger partial charge >= 0.3 is 0 Å². The Kier molecular flexibility index (Phi) is 3.63. The molecule has 1 fully saturated rings. The summed E-state index contributed by atoms with van der Waals surface area (Å²) in [6, 6.07) is 4.05. The van der Waals surface area contributed by atoms with E-state index in [-0.39, 0.29) is 0 Å². The van der Waals surface area contributed by atoms with Crippen molar-refractivity contribution in [3.8, 4) is 6.07 Å². The smallest absolute Gasteiger partial charge is 0.125 e. The van der Waals surface area contributed by atoms with Crippen LogP contribution in [-0.2, 0) is 0 Å². The molecule has 0 amide bonds. The van der Waals surface area contributed by atoms with Crippen LogP contribution >= 0.6 is 0 Å². The number of aliphatic hydroxyl groups excluding tert-OH is 1. The van der Waals surface area contributed by atoms with Gasteiger partial charge in [-0.25, -0.2) is 9.97 Å². The molecule has 2 rings (SSSR count). The molecule has 1 saturated carbocycles. The molecule has 1 heterocycles. The zero-order chi connectivity index (χ0) is 13.2. The molecule has 0 bridgehead atoms. The van der Waals surface area contributed by atoms with Crippen LogP contribution in [0.1, 0.15) is 50.2 Å². The van der Waals surface area contributed by atoms with Crippen molar-refractivity contribution in [3.63, 3.8) is 0 Å². The first kappa shape index (κ1) is 13.0.